The predicted molar refractivity (Wildman–Crippen MR) is 109 cm³/mol. The van der Waals surface area contributed by atoms with Gasteiger partial charge in [-0.15, -0.1) is 0 Å². The van der Waals surface area contributed by atoms with E-state index in [0.29, 0.717) is 11.8 Å². The van der Waals surface area contributed by atoms with E-state index in [1.165, 1.54) is 115 Å². The van der Waals surface area contributed by atoms with E-state index in [0.717, 1.165) is 5.92 Å². The number of hydrogen-bond acceptors (Lipinski definition) is 1. The van der Waals surface area contributed by atoms with Crippen LogP contribution in [0.15, 0.2) is 0 Å². The zero-order valence-electron chi connectivity index (χ0n) is 17.2. The molecule has 1 nitrogen and oxygen atoms in total. The first-order valence-corrected chi connectivity index (χ1v) is 11.7. The van der Waals surface area contributed by atoms with Crippen LogP contribution in [0.1, 0.15) is 123 Å². The van der Waals surface area contributed by atoms with Gasteiger partial charge in [0.15, 0.2) is 0 Å². The van der Waals surface area contributed by atoms with Gasteiger partial charge in [-0.25, -0.2) is 0 Å². The first-order chi connectivity index (χ1) is 12.3. The maximum absolute atomic E-state index is 12.6. The summed E-state index contributed by atoms with van der Waals surface area (Å²) >= 11 is 0. The van der Waals surface area contributed by atoms with E-state index in [2.05, 4.69) is 13.8 Å². The van der Waals surface area contributed by atoms with Crippen molar-refractivity contribution < 1.29 is 4.79 Å². The van der Waals surface area contributed by atoms with Gasteiger partial charge in [-0.1, -0.05) is 84.5 Å². The Morgan fingerprint density at radius 2 is 1.40 bits per heavy atom. The highest BCUT2D eigenvalue weighted by Gasteiger charge is 2.45. The van der Waals surface area contributed by atoms with Gasteiger partial charge in [-0.3, -0.25) is 0 Å². The number of hydrogen-bond donors (Lipinski definition) is 0. The lowest BCUT2D eigenvalue weighted by Gasteiger charge is -2.46. The van der Waals surface area contributed by atoms with Crippen molar-refractivity contribution >= 4 is 6.29 Å². The molecule has 0 amide bonds. The fourth-order valence-corrected chi connectivity index (χ4v) is 5.96. The molecule has 2 saturated carbocycles. The van der Waals surface area contributed by atoms with Gasteiger partial charge in [0, 0.05) is 5.41 Å². The number of aldehydes is 1. The summed E-state index contributed by atoms with van der Waals surface area (Å²) in [5.74, 6) is 2.23. The van der Waals surface area contributed by atoms with Crippen LogP contribution < -0.4 is 0 Å². The summed E-state index contributed by atoms with van der Waals surface area (Å²) < 4.78 is 0. The summed E-state index contributed by atoms with van der Waals surface area (Å²) in [5, 5.41) is 0. The average Bonchev–Trinajstić information content (AvgIpc) is 2.69. The van der Waals surface area contributed by atoms with E-state index in [-0.39, 0.29) is 5.41 Å². The molecular formula is C24H44O. The third kappa shape index (κ3) is 5.83. The van der Waals surface area contributed by atoms with Gasteiger partial charge in [-0.05, 0) is 56.3 Å². The number of rotatable bonds is 11. The molecule has 0 aromatic rings. The quantitative estimate of drug-likeness (QED) is 0.276. The Kier molecular flexibility index (Phi) is 9.56. The molecule has 1 unspecified atom stereocenters. The summed E-state index contributed by atoms with van der Waals surface area (Å²) in [6, 6.07) is 0. The Morgan fingerprint density at radius 1 is 0.840 bits per heavy atom. The second-order valence-corrected chi connectivity index (χ2v) is 9.21. The summed E-state index contributed by atoms with van der Waals surface area (Å²) in [7, 11) is 0. The van der Waals surface area contributed by atoms with Crippen LogP contribution in [-0.4, -0.2) is 6.29 Å². The van der Waals surface area contributed by atoms with Gasteiger partial charge in [-0.2, -0.15) is 0 Å². The van der Waals surface area contributed by atoms with Crippen LogP contribution in [0.2, 0.25) is 0 Å². The van der Waals surface area contributed by atoms with E-state index in [1.807, 2.05) is 0 Å². The van der Waals surface area contributed by atoms with Crippen LogP contribution in [0.5, 0.6) is 0 Å². The van der Waals surface area contributed by atoms with Crippen molar-refractivity contribution in [2.45, 2.75) is 123 Å². The summed E-state index contributed by atoms with van der Waals surface area (Å²) in [6.07, 6.45) is 24.3. The molecule has 25 heavy (non-hydrogen) atoms. The van der Waals surface area contributed by atoms with E-state index < -0.39 is 0 Å². The molecule has 2 fully saturated rings. The maximum atomic E-state index is 12.6. The van der Waals surface area contributed by atoms with Gasteiger partial charge in [0.05, 0.1) is 0 Å². The lowest BCUT2D eigenvalue weighted by molar-refractivity contribution is -0.126. The van der Waals surface area contributed by atoms with Crippen molar-refractivity contribution in [3.05, 3.63) is 0 Å². The van der Waals surface area contributed by atoms with Crippen molar-refractivity contribution in [1.82, 2.24) is 0 Å². The molecule has 0 N–H and O–H groups in total. The zero-order chi connectivity index (χ0) is 18.0. The van der Waals surface area contributed by atoms with Crippen LogP contribution >= 0.6 is 0 Å². The highest BCUT2D eigenvalue weighted by atomic mass is 16.1. The SMILES string of the molecule is CCCCCC(CC)CCC(C=O)(C1CCCCC1)C1CCCCC1. The molecule has 1 heteroatoms. The molecule has 2 aliphatic rings. The summed E-state index contributed by atoms with van der Waals surface area (Å²) in [5.41, 5.74) is 0.0268. The van der Waals surface area contributed by atoms with Gasteiger partial charge >= 0.3 is 0 Å². The molecule has 2 aliphatic carbocycles. The Labute approximate surface area is 157 Å². The summed E-state index contributed by atoms with van der Waals surface area (Å²) in [6.45, 7) is 4.66. The molecule has 0 radical (unpaired) electrons. The standard InChI is InChI=1S/C24H44O/c1-3-5-8-13-21(4-2)18-19-24(20-25,22-14-9-6-10-15-22)23-16-11-7-12-17-23/h20-23H,3-19H2,1-2H3. The molecule has 0 aromatic heterocycles. The average molecular weight is 349 g/mol. The maximum Gasteiger partial charge on any atom is 0.126 e. The topological polar surface area (TPSA) is 17.1 Å². The van der Waals surface area contributed by atoms with E-state index in [9.17, 15) is 4.79 Å². The van der Waals surface area contributed by atoms with Crippen molar-refractivity contribution in [3.8, 4) is 0 Å². The predicted octanol–water partition coefficient (Wildman–Crippen LogP) is 7.72. The molecule has 0 aliphatic heterocycles. The largest absolute Gasteiger partial charge is 0.303 e. The molecule has 2 rings (SSSR count). The lowest BCUT2D eigenvalue weighted by atomic mass is 9.57. The van der Waals surface area contributed by atoms with E-state index >= 15 is 0 Å². The fourth-order valence-electron chi connectivity index (χ4n) is 5.96. The third-order valence-corrected chi connectivity index (χ3v) is 7.73. The molecule has 146 valence electrons. The van der Waals surface area contributed by atoms with Crippen LogP contribution in [0, 0.1) is 23.2 Å². The van der Waals surface area contributed by atoms with Gasteiger partial charge in [0.1, 0.15) is 6.29 Å². The van der Waals surface area contributed by atoms with Gasteiger partial charge in [0.2, 0.25) is 0 Å². The van der Waals surface area contributed by atoms with Crippen LogP contribution in [-0.2, 0) is 4.79 Å². The van der Waals surface area contributed by atoms with Crippen molar-refractivity contribution in [2.24, 2.45) is 23.2 Å². The van der Waals surface area contributed by atoms with E-state index in [1.54, 1.807) is 0 Å². The molecule has 1 atom stereocenters. The van der Waals surface area contributed by atoms with Crippen LogP contribution in [0.3, 0.4) is 0 Å². The lowest BCUT2D eigenvalue weighted by Crippen LogP contribution is -2.42. The highest BCUT2D eigenvalue weighted by Crippen LogP contribution is 2.51. The first kappa shape index (κ1) is 21.0. The third-order valence-electron chi connectivity index (χ3n) is 7.73. The Morgan fingerprint density at radius 3 is 1.84 bits per heavy atom. The fraction of sp³-hybridized carbons (Fsp3) is 0.958. The number of carbonyl (C=O) groups is 1. The Hall–Kier alpha value is -0.330. The second-order valence-electron chi connectivity index (χ2n) is 9.21. The van der Waals surface area contributed by atoms with Crippen molar-refractivity contribution in [3.63, 3.8) is 0 Å². The normalized spacial score (nSPS) is 22.0. The molecule has 0 bridgehead atoms. The minimum Gasteiger partial charge on any atom is -0.303 e. The molecule has 0 heterocycles. The minimum absolute atomic E-state index is 0.0268. The first-order valence-electron chi connectivity index (χ1n) is 11.7. The molecule has 0 spiro atoms. The van der Waals surface area contributed by atoms with Crippen molar-refractivity contribution in [2.75, 3.05) is 0 Å². The molecular weight excluding hydrogens is 304 g/mol. The van der Waals surface area contributed by atoms with Crippen LogP contribution in [0.25, 0.3) is 0 Å². The molecule has 0 aromatic carbocycles. The van der Waals surface area contributed by atoms with Crippen molar-refractivity contribution in [1.29, 1.82) is 0 Å². The Bertz CT molecular complexity index is 331. The monoisotopic (exact) mass is 348 g/mol. The number of unbranched alkanes of at least 4 members (excludes halogenated alkanes) is 2. The second kappa shape index (κ2) is 11.4. The van der Waals surface area contributed by atoms with E-state index in [4.69, 9.17) is 0 Å². The molecule has 0 saturated heterocycles. The summed E-state index contributed by atoms with van der Waals surface area (Å²) in [4.78, 5) is 12.6. The van der Waals surface area contributed by atoms with Gasteiger partial charge < -0.3 is 4.79 Å². The minimum atomic E-state index is 0.0268. The highest BCUT2D eigenvalue weighted by molar-refractivity contribution is 5.61. The zero-order valence-corrected chi connectivity index (χ0v) is 17.2. The van der Waals surface area contributed by atoms with Crippen LogP contribution in [0.4, 0.5) is 0 Å². The Balaban J connectivity index is 2.05. The number of carbonyl (C=O) groups excluding carboxylic acids is 1. The van der Waals surface area contributed by atoms with Gasteiger partial charge in [0.25, 0.3) is 0 Å². The smallest absolute Gasteiger partial charge is 0.126 e.